The van der Waals surface area contributed by atoms with Crippen LogP contribution in [-0.2, 0) is 0 Å². The van der Waals surface area contributed by atoms with Crippen molar-refractivity contribution in [3.05, 3.63) is 35.5 Å². The van der Waals surface area contributed by atoms with Crippen molar-refractivity contribution in [2.45, 2.75) is 12.8 Å². The van der Waals surface area contributed by atoms with Gasteiger partial charge in [-0.05, 0) is 57.1 Å². The van der Waals surface area contributed by atoms with Crippen LogP contribution in [0.1, 0.15) is 12.8 Å². The second-order valence-corrected chi connectivity index (χ2v) is 7.51. The lowest BCUT2D eigenvalue weighted by molar-refractivity contribution is 0.229. The molecular formula is C19H26ClN5O. The van der Waals surface area contributed by atoms with Gasteiger partial charge in [-0.3, -0.25) is 9.89 Å². The minimum Gasteiger partial charge on any atom is -0.370 e. The number of halogens is 1. The lowest BCUT2D eigenvalue weighted by atomic mass is 9.96. The highest BCUT2D eigenvalue weighted by atomic mass is 35.5. The Morgan fingerprint density at radius 3 is 2.77 bits per heavy atom. The summed E-state index contributed by atoms with van der Waals surface area (Å²) < 4.78 is 0. The normalized spacial score (nSPS) is 17.8. The van der Waals surface area contributed by atoms with E-state index in [1.165, 1.54) is 4.90 Å². The van der Waals surface area contributed by atoms with Crippen LogP contribution in [0.5, 0.6) is 0 Å². The summed E-state index contributed by atoms with van der Waals surface area (Å²) >= 11 is 6.18. The zero-order chi connectivity index (χ0) is 18.5. The van der Waals surface area contributed by atoms with Crippen LogP contribution in [0, 0.1) is 5.92 Å². The molecule has 26 heavy (non-hydrogen) atoms. The average molecular weight is 376 g/mol. The molecule has 1 fully saturated rings. The fourth-order valence-electron chi connectivity index (χ4n) is 3.46. The molecule has 140 valence electrons. The molecule has 1 saturated heterocycles. The van der Waals surface area contributed by atoms with Gasteiger partial charge < -0.3 is 15.1 Å². The molecule has 2 heterocycles. The minimum atomic E-state index is -0.205. The van der Waals surface area contributed by atoms with Gasteiger partial charge in [-0.25, -0.2) is 4.79 Å². The van der Waals surface area contributed by atoms with Crippen molar-refractivity contribution in [3.8, 4) is 0 Å². The molecule has 1 aromatic rings. The van der Waals surface area contributed by atoms with Crippen molar-refractivity contribution in [2.75, 3.05) is 50.6 Å². The van der Waals surface area contributed by atoms with Crippen LogP contribution in [0.4, 0.5) is 16.2 Å². The van der Waals surface area contributed by atoms with Crippen molar-refractivity contribution in [3.63, 3.8) is 0 Å². The largest absolute Gasteiger partial charge is 0.370 e. The van der Waals surface area contributed by atoms with Crippen LogP contribution in [0.25, 0.3) is 0 Å². The Kier molecular flexibility index (Phi) is 6.16. The predicted octanol–water partition coefficient (Wildman–Crippen LogP) is 3.51. The minimum absolute atomic E-state index is 0.205. The fraction of sp³-hybridized carbons (Fsp3) is 0.474. The Bertz CT molecular complexity index is 695. The van der Waals surface area contributed by atoms with E-state index >= 15 is 0 Å². The maximum atomic E-state index is 12.5. The second kappa shape index (κ2) is 8.56. The first-order valence-corrected chi connectivity index (χ1v) is 9.34. The Morgan fingerprint density at radius 2 is 2.12 bits per heavy atom. The van der Waals surface area contributed by atoms with Gasteiger partial charge in [-0.15, -0.1) is 0 Å². The molecule has 0 bridgehead atoms. The van der Waals surface area contributed by atoms with Crippen LogP contribution in [0.3, 0.4) is 0 Å². The molecule has 0 atom stereocenters. The van der Waals surface area contributed by atoms with Gasteiger partial charge >= 0.3 is 6.03 Å². The summed E-state index contributed by atoms with van der Waals surface area (Å²) in [4.78, 5) is 22.7. The molecular weight excluding hydrogens is 350 g/mol. The standard InChI is InChI=1S/C19H26ClN5O/c1-23(2)13-15-6-10-24(11-7-15)18-5-4-16(20)12-17(18)22-19(26)25-9-3-8-21-14-25/h3-5,8-9,12,15H,6-7,10-11,13-14H2,1-2H3,(H,22,26). The molecule has 0 aliphatic carbocycles. The third-order valence-electron chi connectivity index (χ3n) is 4.73. The van der Waals surface area contributed by atoms with Gasteiger partial charge in [-0.2, -0.15) is 0 Å². The van der Waals surface area contributed by atoms with Gasteiger partial charge in [0.2, 0.25) is 0 Å². The van der Waals surface area contributed by atoms with E-state index in [1.807, 2.05) is 18.2 Å². The molecule has 0 unspecified atom stereocenters. The Balaban J connectivity index is 1.69. The summed E-state index contributed by atoms with van der Waals surface area (Å²) in [6.07, 6.45) is 7.46. The number of rotatable bonds is 4. The summed E-state index contributed by atoms with van der Waals surface area (Å²) in [6, 6.07) is 5.49. The molecule has 0 saturated carbocycles. The molecule has 1 aromatic carbocycles. The highest BCUT2D eigenvalue weighted by Crippen LogP contribution is 2.32. The Labute approximate surface area is 160 Å². The number of hydrogen-bond donors (Lipinski definition) is 1. The number of nitrogens with one attached hydrogen (secondary N) is 1. The van der Waals surface area contributed by atoms with Crippen LogP contribution in [0.2, 0.25) is 5.02 Å². The van der Waals surface area contributed by atoms with E-state index in [0.717, 1.165) is 49.8 Å². The maximum absolute atomic E-state index is 12.5. The third-order valence-corrected chi connectivity index (χ3v) is 4.97. The number of aliphatic imine (C=N–C) groups is 1. The molecule has 3 rings (SSSR count). The molecule has 7 heteroatoms. The molecule has 1 N–H and O–H groups in total. The zero-order valence-electron chi connectivity index (χ0n) is 15.4. The van der Waals surface area contributed by atoms with Crippen molar-refractivity contribution >= 4 is 35.2 Å². The van der Waals surface area contributed by atoms with E-state index in [9.17, 15) is 4.79 Å². The summed E-state index contributed by atoms with van der Waals surface area (Å²) in [5, 5.41) is 3.60. The topological polar surface area (TPSA) is 51.2 Å². The molecule has 2 aliphatic heterocycles. The van der Waals surface area contributed by atoms with Crippen molar-refractivity contribution in [2.24, 2.45) is 10.9 Å². The van der Waals surface area contributed by atoms with Gasteiger partial charge in [0.15, 0.2) is 0 Å². The van der Waals surface area contributed by atoms with Crippen LogP contribution < -0.4 is 10.2 Å². The van der Waals surface area contributed by atoms with Gasteiger partial charge in [0.25, 0.3) is 0 Å². The van der Waals surface area contributed by atoms with E-state index in [4.69, 9.17) is 11.6 Å². The number of amides is 2. The van der Waals surface area contributed by atoms with E-state index in [1.54, 1.807) is 18.5 Å². The van der Waals surface area contributed by atoms with Crippen molar-refractivity contribution < 1.29 is 4.79 Å². The molecule has 2 aliphatic rings. The van der Waals surface area contributed by atoms with E-state index < -0.39 is 0 Å². The van der Waals surface area contributed by atoms with Crippen molar-refractivity contribution in [1.29, 1.82) is 0 Å². The second-order valence-electron chi connectivity index (χ2n) is 7.07. The van der Waals surface area contributed by atoms with Gasteiger partial charge in [-0.1, -0.05) is 11.6 Å². The Hall–Kier alpha value is -2.05. The number of benzene rings is 1. The molecule has 2 amide bonds. The Morgan fingerprint density at radius 1 is 1.35 bits per heavy atom. The summed E-state index contributed by atoms with van der Waals surface area (Å²) in [6.45, 7) is 3.42. The van der Waals surface area contributed by atoms with Gasteiger partial charge in [0, 0.05) is 37.1 Å². The monoisotopic (exact) mass is 375 g/mol. The smallest absolute Gasteiger partial charge is 0.327 e. The summed E-state index contributed by atoms with van der Waals surface area (Å²) in [5.74, 6) is 0.725. The average Bonchev–Trinajstić information content (AvgIpc) is 2.63. The van der Waals surface area contributed by atoms with E-state index in [2.05, 4.69) is 34.2 Å². The highest BCUT2D eigenvalue weighted by Gasteiger charge is 2.23. The first-order chi connectivity index (χ1) is 12.5. The summed E-state index contributed by atoms with van der Waals surface area (Å²) in [5.41, 5.74) is 1.77. The predicted molar refractivity (Wildman–Crippen MR) is 108 cm³/mol. The third kappa shape index (κ3) is 4.77. The lowest BCUT2D eigenvalue weighted by Crippen LogP contribution is -2.38. The highest BCUT2D eigenvalue weighted by molar-refractivity contribution is 6.31. The number of piperidine rings is 1. The van der Waals surface area contributed by atoms with Crippen LogP contribution in [0.15, 0.2) is 35.5 Å². The maximum Gasteiger partial charge on any atom is 0.327 e. The fourth-order valence-corrected chi connectivity index (χ4v) is 3.63. The number of hydrogen-bond acceptors (Lipinski definition) is 4. The number of carbonyl (C=O) groups is 1. The lowest BCUT2D eigenvalue weighted by Gasteiger charge is -2.35. The number of anilines is 2. The number of urea groups is 1. The quantitative estimate of drug-likeness (QED) is 0.876. The van der Waals surface area contributed by atoms with Gasteiger partial charge in [0.1, 0.15) is 6.67 Å². The van der Waals surface area contributed by atoms with E-state index in [0.29, 0.717) is 11.7 Å². The van der Waals surface area contributed by atoms with Gasteiger partial charge in [0.05, 0.1) is 11.4 Å². The van der Waals surface area contributed by atoms with Crippen LogP contribution in [-0.4, -0.2) is 62.4 Å². The molecule has 0 spiro atoms. The molecule has 0 aromatic heterocycles. The van der Waals surface area contributed by atoms with Crippen LogP contribution >= 0.6 is 11.6 Å². The number of allylic oxidation sites excluding steroid dienone is 1. The number of nitrogens with zero attached hydrogens (tertiary/aromatic N) is 4. The number of carbonyl (C=O) groups excluding carboxylic acids is 1. The zero-order valence-corrected chi connectivity index (χ0v) is 16.1. The molecule has 0 radical (unpaired) electrons. The van der Waals surface area contributed by atoms with E-state index in [-0.39, 0.29) is 6.03 Å². The first-order valence-electron chi connectivity index (χ1n) is 8.96. The first kappa shape index (κ1) is 18.7. The molecule has 6 nitrogen and oxygen atoms in total. The van der Waals surface area contributed by atoms with Crippen molar-refractivity contribution in [1.82, 2.24) is 9.80 Å². The summed E-state index contributed by atoms with van der Waals surface area (Å²) in [7, 11) is 4.25. The SMILES string of the molecule is CN(C)CC1CCN(c2ccc(Cl)cc2NC(=O)N2C=CC=NC2)CC1.